The summed E-state index contributed by atoms with van der Waals surface area (Å²) in [4.78, 5) is 0. The molecular weight excluding hydrogens is 671 g/mol. The maximum absolute atomic E-state index is 10.3. The zero-order valence-corrected chi connectivity index (χ0v) is 29.5. The van der Waals surface area contributed by atoms with Crippen molar-refractivity contribution >= 4 is 65.4 Å². The predicted octanol–water partition coefficient (Wildman–Crippen LogP) is 12.4. The molecule has 0 radical (unpaired) electrons. The second kappa shape index (κ2) is 11.8. The van der Waals surface area contributed by atoms with Gasteiger partial charge in [-0.1, -0.05) is 109 Å². The molecule has 11 aromatic rings. The lowest BCUT2D eigenvalue weighted by molar-refractivity contribution is 1.15. The minimum Gasteiger partial charge on any atom is -0.309 e. The second-order valence-electron chi connectivity index (χ2n) is 14.0. The van der Waals surface area contributed by atoms with Gasteiger partial charge < -0.3 is 13.7 Å². The first-order valence-electron chi connectivity index (χ1n) is 18.3. The van der Waals surface area contributed by atoms with Crippen LogP contribution in [-0.4, -0.2) is 13.7 Å². The summed E-state index contributed by atoms with van der Waals surface area (Å²) in [6.07, 6.45) is 0. The van der Waals surface area contributed by atoms with Crippen molar-refractivity contribution < 1.29 is 0 Å². The lowest BCUT2D eigenvalue weighted by atomic mass is 10.0. The van der Waals surface area contributed by atoms with Crippen LogP contribution in [0.3, 0.4) is 0 Å². The number of hydrogen-bond acceptors (Lipinski definition) is 2. The first kappa shape index (κ1) is 30.7. The van der Waals surface area contributed by atoms with Gasteiger partial charge >= 0.3 is 0 Å². The van der Waals surface area contributed by atoms with Crippen LogP contribution in [0.2, 0.25) is 0 Å². The van der Waals surface area contributed by atoms with Crippen LogP contribution in [0, 0.1) is 22.7 Å². The lowest BCUT2D eigenvalue weighted by Crippen LogP contribution is -2.00. The largest absolute Gasteiger partial charge is 0.309 e. The monoisotopic (exact) mass is 699 g/mol. The number of rotatable bonds is 4. The van der Waals surface area contributed by atoms with Gasteiger partial charge in [0, 0.05) is 43.7 Å². The van der Waals surface area contributed by atoms with Crippen LogP contribution in [-0.2, 0) is 0 Å². The van der Waals surface area contributed by atoms with Crippen molar-refractivity contribution in [3.05, 3.63) is 187 Å². The van der Waals surface area contributed by atoms with Gasteiger partial charge in [-0.15, -0.1) is 0 Å². The van der Waals surface area contributed by atoms with Gasteiger partial charge in [-0.05, 0) is 77.9 Å². The molecule has 5 heteroatoms. The van der Waals surface area contributed by atoms with Gasteiger partial charge in [0.1, 0.15) is 12.1 Å². The minimum atomic E-state index is 0.542. The van der Waals surface area contributed by atoms with Gasteiger partial charge in [0.15, 0.2) is 0 Å². The van der Waals surface area contributed by atoms with Crippen LogP contribution in [0.15, 0.2) is 176 Å². The van der Waals surface area contributed by atoms with Gasteiger partial charge in [-0.3, -0.25) is 0 Å². The summed E-state index contributed by atoms with van der Waals surface area (Å²) < 4.78 is 6.80. The Morgan fingerprint density at radius 2 is 0.800 bits per heavy atom. The fourth-order valence-electron chi connectivity index (χ4n) is 8.73. The molecule has 0 saturated heterocycles. The van der Waals surface area contributed by atoms with Gasteiger partial charge in [0.2, 0.25) is 0 Å². The van der Waals surface area contributed by atoms with Crippen molar-refractivity contribution in [1.29, 1.82) is 10.5 Å². The molecule has 0 atom stereocenters. The fraction of sp³-hybridized carbons (Fsp3) is 0. The van der Waals surface area contributed by atoms with Crippen molar-refractivity contribution in [2.24, 2.45) is 0 Å². The summed E-state index contributed by atoms with van der Waals surface area (Å²) in [5.74, 6) is 0. The van der Waals surface area contributed by atoms with Crippen LogP contribution < -0.4 is 0 Å². The Morgan fingerprint density at radius 1 is 0.327 bits per heavy atom. The van der Waals surface area contributed by atoms with Gasteiger partial charge in [-0.25, -0.2) is 0 Å². The zero-order valence-electron chi connectivity index (χ0n) is 29.5. The first-order valence-corrected chi connectivity index (χ1v) is 18.3. The molecular formula is C50H29N5. The topological polar surface area (TPSA) is 62.4 Å². The molecule has 254 valence electrons. The normalized spacial score (nSPS) is 11.6. The van der Waals surface area contributed by atoms with E-state index in [2.05, 4.69) is 159 Å². The Kier molecular flexibility index (Phi) is 6.61. The van der Waals surface area contributed by atoms with Crippen molar-refractivity contribution in [1.82, 2.24) is 13.7 Å². The average molecular weight is 700 g/mol. The van der Waals surface area contributed by atoms with E-state index < -0.39 is 0 Å². The summed E-state index contributed by atoms with van der Waals surface area (Å²) in [6, 6.07) is 66.0. The summed E-state index contributed by atoms with van der Waals surface area (Å²) >= 11 is 0. The maximum Gasteiger partial charge on any atom is 0.101 e. The summed E-state index contributed by atoms with van der Waals surface area (Å²) in [5, 5.41) is 27.4. The Labute approximate surface area is 316 Å². The molecule has 3 aromatic heterocycles. The van der Waals surface area contributed by atoms with Gasteiger partial charge in [0.05, 0.1) is 49.9 Å². The van der Waals surface area contributed by atoms with E-state index in [4.69, 9.17) is 0 Å². The molecule has 55 heavy (non-hydrogen) atoms. The molecule has 0 unspecified atom stereocenters. The fourth-order valence-corrected chi connectivity index (χ4v) is 8.73. The van der Waals surface area contributed by atoms with E-state index in [0.29, 0.717) is 11.1 Å². The standard InChI is InChI=1S/C50H29N5/c51-30-34-21-20-33(28-48(34)55-47-19-8-4-14-41(47)43-15-9-10-35(31-52)50(43)55)32-22-24-36(25-23-32)53-44-16-5-3-13-40(44)42-27-26-37(29-49(42)53)54-45-17-6-1-11-38(45)39-12-2-7-18-46(39)54/h1-29H. The number of nitriles is 2. The molecule has 0 aliphatic heterocycles. The Hall–Kier alpha value is -7.86. The predicted molar refractivity (Wildman–Crippen MR) is 224 cm³/mol. The molecule has 0 saturated carbocycles. The zero-order chi connectivity index (χ0) is 36.6. The number of nitrogens with zero attached hydrogens (tertiary/aromatic N) is 5. The highest BCUT2D eigenvalue weighted by Gasteiger charge is 2.19. The summed E-state index contributed by atoms with van der Waals surface area (Å²) in [7, 11) is 0. The van der Waals surface area contributed by atoms with E-state index in [1.807, 2.05) is 42.5 Å². The molecule has 5 nitrogen and oxygen atoms in total. The van der Waals surface area contributed by atoms with Crippen molar-refractivity contribution in [3.8, 4) is 40.3 Å². The van der Waals surface area contributed by atoms with Crippen molar-refractivity contribution in [2.45, 2.75) is 0 Å². The number of benzene rings is 8. The average Bonchev–Trinajstić information content (AvgIpc) is 3.89. The maximum atomic E-state index is 10.3. The van der Waals surface area contributed by atoms with E-state index in [0.717, 1.165) is 61.0 Å². The molecule has 3 heterocycles. The van der Waals surface area contributed by atoms with E-state index in [9.17, 15) is 10.5 Å². The molecule has 0 bridgehead atoms. The van der Waals surface area contributed by atoms with E-state index in [1.165, 1.54) is 32.6 Å². The Bertz CT molecular complexity index is 3400. The van der Waals surface area contributed by atoms with Crippen molar-refractivity contribution in [2.75, 3.05) is 0 Å². The van der Waals surface area contributed by atoms with Crippen LogP contribution in [0.5, 0.6) is 0 Å². The van der Waals surface area contributed by atoms with Crippen LogP contribution >= 0.6 is 0 Å². The minimum absolute atomic E-state index is 0.542. The molecule has 0 amide bonds. The van der Waals surface area contributed by atoms with E-state index in [1.54, 1.807) is 0 Å². The Balaban J connectivity index is 1.07. The molecule has 11 rings (SSSR count). The smallest absolute Gasteiger partial charge is 0.101 e. The molecule has 0 fully saturated rings. The van der Waals surface area contributed by atoms with E-state index >= 15 is 0 Å². The third-order valence-corrected chi connectivity index (χ3v) is 11.1. The van der Waals surface area contributed by atoms with Crippen LogP contribution in [0.1, 0.15) is 11.1 Å². The quantitative estimate of drug-likeness (QED) is 0.184. The number of hydrogen-bond donors (Lipinski definition) is 0. The highest BCUT2D eigenvalue weighted by Crippen LogP contribution is 2.39. The van der Waals surface area contributed by atoms with Gasteiger partial charge in [0.25, 0.3) is 0 Å². The van der Waals surface area contributed by atoms with Gasteiger partial charge in [-0.2, -0.15) is 10.5 Å². The molecule has 0 aliphatic rings. The third kappa shape index (κ3) is 4.45. The summed E-state index contributed by atoms with van der Waals surface area (Å²) in [5.41, 5.74) is 12.4. The highest BCUT2D eigenvalue weighted by molar-refractivity contribution is 6.13. The number of fused-ring (bicyclic) bond motifs is 9. The second-order valence-corrected chi connectivity index (χ2v) is 14.0. The third-order valence-electron chi connectivity index (χ3n) is 11.1. The Morgan fingerprint density at radius 3 is 1.40 bits per heavy atom. The molecule has 0 spiro atoms. The highest BCUT2D eigenvalue weighted by atomic mass is 15.0. The first-order chi connectivity index (χ1) is 27.2. The molecule has 8 aromatic carbocycles. The lowest BCUT2D eigenvalue weighted by Gasteiger charge is -2.14. The summed E-state index contributed by atoms with van der Waals surface area (Å²) in [6.45, 7) is 0. The molecule has 0 aliphatic carbocycles. The van der Waals surface area contributed by atoms with Crippen LogP contribution in [0.4, 0.5) is 0 Å². The molecule has 0 N–H and O–H groups in total. The van der Waals surface area contributed by atoms with Crippen molar-refractivity contribution in [3.63, 3.8) is 0 Å². The number of aromatic nitrogens is 3. The van der Waals surface area contributed by atoms with Crippen LogP contribution in [0.25, 0.3) is 93.6 Å². The SMILES string of the molecule is N#Cc1ccc(-c2ccc(-n3c4ccccc4c4ccc(-n5c6ccccc6c6ccccc65)cc43)cc2)cc1-n1c2ccccc2c2cccc(C#N)c21. The number of para-hydroxylation sites is 5. The van der Waals surface area contributed by atoms with E-state index in [-0.39, 0.29) is 0 Å².